The van der Waals surface area contributed by atoms with E-state index in [0.29, 0.717) is 0 Å². The maximum atomic E-state index is 6.57. The smallest absolute Gasteiger partial charge is 0.0599 e. The number of rotatable bonds is 4. The minimum atomic E-state index is -0.343. The largest absolute Gasteiger partial charge is 0.327 e. The Balaban J connectivity index is 2.34. The molecule has 0 aliphatic rings. The third-order valence-electron chi connectivity index (χ3n) is 4.37. The fourth-order valence-corrected chi connectivity index (χ4v) is 3.39. The van der Waals surface area contributed by atoms with Gasteiger partial charge in [-0.2, -0.15) is 0 Å². The normalized spacial score (nSPS) is 12.8. The molecule has 0 unspecified atom stereocenters. The van der Waals surface area contributed by atoms with Gasteiger partial charge in [0, 0.05) is 6.04 Å². The maximum absolute atomic E-state index is 6.57. The van der Waals surface area contributed by atoms with E-state index in [1.807, 2.05) is 18.2 Å². The van der Waals surface area contributed by atoms with Crippen LogP contribution in [0.15, 0.2) is 91.0 Å². The van der Waals surface area contributed by atoms with Crippen molar-refractivity contribution in [3.05, 3.63) is 108 Å². The van der Waals surface area contributed by atoms with Gasteiger partial charge in [-0.25, -0.2) is 0 Å². The maximum Gasteiger partial charge on any atom is 0.0599 e. The van der Waals surface area contributed by atoms with Gasteiger partial charge in [-0.05, 0) is 23.6 Å². The van der Waals surface area contributed by atoms with Gasteiger partial charge in [0.05, 0.1) is 5.41 Å². The van der Waals surface area contributed by atoms with Crippen molar-refractivity contribution >= 4 is 0 Å². The molecule has 22 heavy (non-hydrogen) atoms. The molecule has 0 saturated heterocycles. The second-order valence-electron chi connectivity index (χ2n) is 5.69. The first-order chi connectivity index (χ1) is 10.8. The molecule has 0 fully saturated rings. The van der Waals surface area contributed by atoms with Crippen molar-refractivity contribution in [3.8, 4) is 0 Å². The Labute approximate surface area is 132 Å². The van der Waals surface area contributed by atoms with Crippen LogP contribution in [0.1, 0.15) is 23.6 Å². The van der Waals surface area contributed by atoms with Gasteiger partial charge in [0.15, 0.2) is 0 Å². The average Bonchev–Trinajstić information content (AvgIpc) is 2.58. The summed E-state index contributed by atoms with van der Waals surface area (Å²) in [6.07, 6.45) is 0. The zero-order chi connectivity index (χ0) is 15.4. The van der Waals surface area contributed by atoms with Crippen LogP contribution in [0.5, 0.6) is 0 Å². The van der Waals surface area contributed by atoms with Crippen molar-refractivity contribution in [3.63, 3.8) is 0 Å². The lowest BCUT2D eigenvalue weighted by Crippen LogP contribution is -2.45. The second-order valence-corrected chi connectivity index (χ2v) is 5.69. The molecule has 0 heterocycles. The van der Waals surface area contributed by atoms with Crippen molar-refractivity contribution < 1.29 is 0 Å². The van der Waals surface area contributed by atoms with E-state index in [0.717, 1.165) is 0 Å². The highest BCUT2D eigenvalue weighted by Gasteiger charge is 2.39. The predicted molar refractivity (Wildman–Crippen MR) is 92.9 cm³/mol. The summed E-state index contributed by atoms with van der Waals surface area (Å²) in [6.45, 7) is 2.09. The van der Waals surface area contributed by atoms with Gasteiger partial charge in [0.2, 0.25) is 0 Å². The van der Waals surface area contributed by atoms with Crippen LogP contribution in [0.2, 0.25) is 0 Å². The van der Waals surface area contributed by atoms with Crippen LogP contribution in [0.25, 0.3) is 0 Å². The van der Waals surface area contributed by atoms with Gasteiger partial charge >= 0.3 is 0 Å². The quantitative estimate of drug-likeness (QED) is 0.709. The summed E-state index contributed by atoms with van der Waals surface area (Å²) in [7, 11) is 0. The van der Waals surface area contributed by atoms with E-state index < -0.39 is 0 Å². The highest BCUT2D eigenvalue weighted by molar-refractivity contribution is 5.52. The fraction of sp³-hybridized carbons (Fsp3) is 0.143. The van der Waals surface area contributed by atoms with Crippen LogP contribution in [-0.4, -0.2) is 6.04 Å². The summed E-state index contributed by atoms with van der Waals surface area (Å²) in [5, 5.41) is 0. The number of benzene rings is 3. The van der Waals surface area contributed by atoms with Crippen molar-refractivity contribution in [1.82, 2.24) is 0 Å². The molecule has 3 aromatic rings. The molecular formula is C21H21N. The second kappa shape index (κ2) is 6.17. The van der Waals surface area contributed by atoms with E-state index in [1.165, 1.54) is 16.7 Å². The fourth-order valence-electron chi connectivity index (χ4n) is 3.39. The molecule has 0 radical (unpaired) electrons. The Morgan fingerprint density at radius 1 is 0.591 bits per heavy atom. The van der Waals surface area contributed by atoms with Gasteiger partial charge in [-0.3, -0.25) is 0 Å². The molecule has 2 N–H and O–H groups in total. The summed E-state index contributed by atoms with van der Waals surface area (Å²) in [4.78, 5) is 0. The van der Waals surface area contributed by atoms with E-state index in [2.05, 4.69) is 79.7 Å². The molecule has 1 atom stereocenters. The zero-order valence-corrected chi connectivity index (χ0v) is 12.8. The molecular weight excluding hydrogens is 266 g/mol. The van der Waals surface area contributed by atoms with E-state index in [9.17, 15) is 0 Å². The Hall–Kier alpha value is -2.38. The monoisotopic (exact) mass is 287 g/mol. The number of nitrogens with two attached hydrogens (primary N) is 1. The molecule has 1 heteroatoms. The summed E-state index contributed by atoms with van der Waals surface area (Å²) in [5.74, 6) is 0. The average molecular weight is 287 g/mol. The first kappa shape index (κ1) is 14.6. The van der Waals surface area contributed by atoms with Gasteiger partial charge in [0.25, 0.3) is 0 Å². The Morgan fingerprint density at radius 2 is 0.864 bits per heavy atom. The van der Waals surface area contributed by atoms with Gasteiger partial charge < -0.3 is 5.73 Å². The van der Waals surface area contributed by atoms with Crippen LogP contribution in [0.3, 0.4) is 0 Å². The molecule has 0 aromatic heterocycles. The summed E-state index contributed by atoms with van der Waals surface area (Å²) in [5.41, 5.74) is 9.90. The van der Waals surface area contributed by atoms with Crippen molar-refractivity contribution in [2.75, 3.05) is 0 Å². The van der Waals surface area contributed by atoms with Gasteiger partial charge in [0.1, 0.15) is 0 Å². The standard InChI is InChI=1S/C21H21N/c1-17(22)21(18-11-5-2-6-12-18,19-13-7-3-8-14-19)20-15-9-4-10-16-20/h2-17H,22H2,1H3/t17-/m0/s1. The van der Waals surface area contributed by atoms with Crippen molar-refractivity contribution in [2.24, 2.45) is 5.73 Å². The van der Waals surface area contributed by atoms with Crippen molar-refractivity contribution in [1.29, 1.82) is 0 Å². The molecule has 3 aromatic carbocycles. The van der Waals surface area contributed by atoms with Gasteiger partial charge in [-0.1, -0.05) is 91.0 Å². The van der Waals surface area contributed by atoms with Gasteiger partial charge in [-0.15, -0.1) is 0 Å². The molecule has 110 valence electrons. The lowest BCUT2D eigenvalue weighted by atomic mass is 9.65. The minimum absolute atomic E-state index is 0.0558. The summed E-state index contributed by atoms with van der Waals surface area (Å²) < 4.78 is 0. The molecule has 3 rings (SSSR count). The third-order valence-corrected chi connectivity index (χ3v) is 4.37. The van der Waals surface area contributed by atoms with E-state index in [-0.39, 0.29) is 11.5 Å². The third kappa shape index (κ3) is 2.34. The highest BCUT2D eigenvalue weighted by Crippen LogP contribution is 2.41. The van der Waals surface area contributed by atoms with E-state index in [4.69, 9.17) is 5.73 Å². The highest BCUT2D eigenvalue weighted by atomic mass is 14.7. The van der Waals surface area contributed by atoms with Crippen LogP contribution in [0, 0.1) is 0 Å². The predicted octanol–water partition coefficient (Wildman–Crippen LogP) is 4.37. The van der Waals surface area contributed by atoms with Crippen LogP contribution in [0.4, 0.5) is 0 Å². The lowest BCUT2D eigenvalue weighted by Gasteiger charge is -2.39. The molecule has 1 nitrogen and oxygen atoms in total. The van der Waals surface area contributed by atoms with Crippen LogP contribution in [-0.2, 0) is 5.41 Å². The SMILES string of the molecule is C[C@H](N)C(c1ccccc1)(c1ccccc1)c1ccccc1. The lowest BCUT2D eigenvalue weighted by molar-refractivity contribution is 0.506. The Kier molecular flexibility index (Phi) is 4.08. The Bertz CT molecular complexity index is 606. The Morgan fingerprint density at radius 3 is 1.09 bits per heavy atom. The van der Waals surface area contributed by atoms with E-state index in [1.54, 1.807) is 0 Å². The summed E-state index contributed by atoms with van der Waals surface area (Å²) >= 11 is 0. The number of hydrogen-bond donors (Lipinski definition) is 1. The molecule has 0 amide bonds. The first-order valence-corrected chi connectivity index (χ1v) is 7.68. The molecule has 0 spiro atoms. The van der Waals surface area contributed by atoms with Crippen LogP contribution >= 0.6 is 0 Å². The topological polar surface area (TPSA) is 26.0 Å². The van der Waals surface area contributed by atoms with Crippen molar-refractivity contribution in [2.45, 2.75) is 18.4 Å². The molecule has 0 aliphatic carbocycles. The zero-order valence-electron chi connectivity index (χ0n) is 12.8. The van der Waals surface area contributed by atoms with E-state index >= 15 is 0 Å². The summed E-state index contributed by atoms with van der Waals surface area (Å²) in [6, 6.07) is 31.6. The molecule has 0 aliphatic heterocycles. The minimum Gasteiger partial charge on any atom is -0.327 e. The molecule has 0 saturated carbocycles. The van der Waals surface area contributed by atoms with Crippen LogP contribution < -0.4 is 5.73 Å². The first-order valence-electron chi connectivity index (χ1n) is 7.68. The number of hydrogen-bond acceptors (Lipinski definition) is 1. The molecule has 0 bridgehead atoms.